The third-order valence-corrected chi connectivity index (χ3v) is 5.07. The van der Waals surface area contributed by atoms with E-state index >= 15 is 0 Å². The van der Waals surface area contributed by atoms with Gasteiger partial charge in [0.15, 0.2) is 18.1 Å². The molecule has 0 saturated carbocycles. The van der Waals surface area contributed by atoms with Crippen molar-refractivity contribution in [3.63, 3.8) is 0 Å². The molecule has 2 aliphatic rings. The largest absolute Gasteiger partial charge is 0.484 e. The van der Waals surface area contributed by atoms with E-state index in [9.17, 15) is 9.59 Å². The maximum atomic E-state index is 12.9. The molecule has 0 unspecified atom stereocenters. The van der Waals surface area contributed by atoms with Crippen molar-refractivity contribution in [2.45, 2.75) is 13.0 Å². The van der Waals surface area contributed by atoms with E-state index in [-0.39, 0.29) is 25.2 Å². The van der Waals surface area contributed by atoms with E-state index in [0.717, 1.165) is 5.69 Å². The molecule has 0 aromatic heterocycles. The maximum absolute atomic E-state index is 12.9. The second-order valence-electron chi connectivity index (χ2n) is 6.53. The molecule has 0 aliphatic carbocycles. The molecule has 2 amide bonds. The zero-order chi connectivity index (χ0) is 19.7. The Morgan fingerprint density at radius 2 is 1.89 bits per heavy atom. The third kappa shape index (κ3) is 3.57. The quantitative estimate of drug-likeness (QED) is 0.786. The Hall–Kier alpha value is -2.93. The summed E-state index contributed by atoms with van der Waals surface area (Å²) in [5.74, 6) is 1.45. The highest BCUT2D eigenvalue weighted by molar-refractivity contribution is 6.30. The first-order valence-corrected chi connectivity index (χ1v) is 9.29. The molecule has 8 heteroatoms. The van der Waals surface area contributed by atoms with Gasteiger partial charge in [0.1, 0.15) is 11.8 Å². The first kappa shape index (κ1) is 18.4. The van der Waals surface area contributed by atoms with Gasteiger partial charge < -0.3 is 24.0 Å². The van der Waals surface area contributed by atoms with Gasteiger partial charge >= 0.3 is 0 Å². The highest BCUT2D eigenvalue weighted by atomic mass is 35.5. The molecule has 2 heterocycles. The number of fused-ring (bicyclic) bond motifs is 1. The van der Waals surface area contributed by atoms with Gasteiger partial charge in [0.25, 0.3) is 5.91 Å². The number of rotatable bonds is 4. The molecule has 2 aliphatic heterocycles. The van der Waals surface area contributed by atoms with Crippen LogP contribution < -0.4 is 19.1 Å². The van der Waals surface area contributed by atoms with Crippen molar-refractivity contribution < 1.29 is 23.8 Å². The molecule has 1 fully saturated rings. The Morgan fingerprint density at radius 1 is 1.14 bits per heavy atom. The first-order valence-electron chi connectivity index (χ1n) is 8.92. The Kier molecular flexibility index (Phi) is 5.00. The van der Waals surface area contributed by atoms with Gasteiger partial charge in [0.05, 0.1) is 0 Å². The first-order chi connectivity index (χ1) is 13.5. The van der Waals surface area contributed by atoms with E-state index in [1.165, 1.54) is 0 Å². The van der Waals surface area contributed by atoms with E-state index in [1.54, 1.807) is 53.1 Å². The van der Waals surface area contributed by atoms with Crippen LogP contribution in [0.25, 0.3) is 0 Å². The van der Waals surface area contributed by atoms with Gasteiger partial charge in [-0.15, -0.1) is 0 Å². The number of nitrogens with zero attached hydrogens (tertiary/aromatic N) is 2. The predicted octanol–water partition coefficient (Wildman–Crippen LogP) is 2.71. The molecule has 1 saturated heterocycles. The summed E-state index contributed by atoms with van der Waals surface area (Å²) >= 11 is 5.84. The molecular weight excluding hydrogens is 384 g/mol. The fraction of sp³-hybridized carbons (Fsp3) is 0.300. The zero-order valence-corrected chi connectivity index (χ0v) is 16.0. The molecule has 28 heavy (non-hydrogen) atoms. The molecule has 0 N–H and O–H groups in total. The van der Waals surface area contributed by atoms with Crippen LogP contribution in [-0.2, 0) is 9.59 Å². The Labute approximate surface area is 167 Å². The van der Waals surface area contributed by atoms with E-state index in [1.807, 2.05) is 6.07 Å². The SMILES string of the molecule is C[C@@H]1C(=O)N(c2ccc3c(c2)OCO3)CCN1C(=O)COc1ccc(Cl)cc1. The molecule has 1 atom stereocenters. The lowest BCUT2D eigenvalue weighted by molar-refractivity contribution is -0.142. The summed E-state index contributed by atoms with van der Waals surface area (Å²) in [6, 6.07) is 11.6. The van der Waals surface area contributed by atoms with E-state index in [2.05, 4.69) is 0 Å². The molecule has 0 bridgehead atoms. The predicted molar refractivity (Wildman–Crippen MR) is 103 cm³/mol. The number of carbonyl (C=O) groups excluding carboxylic acids is 2. The topological polar surface area (TPSA) is 68.3 Å². The van der Waals surface area contributed by atoms with Crippen molar-refractivity contribution in [2.24, 2.45) is 0 Å². The minimum absolute atomic E-state index is 0.136. The van der Waals surface area contributed by atoms with Crippen molar-refractivity contribution in [1.29, 1.82) is 0 Å². The highest BCUT2D eigenvalue weighted by Gasteiger charge is 2.35. The van der Waals surface area contributed by atoms with Crippen LogP contribution in [0, 0.1) is 0 Å². The van der Waals surface area contributed by atoms with Crippen molar-refractivity contribution in [3.05, 3.63) is 47.5 Å². The van der Waals surface area contributed by atoms with Crippen LogP contribution >= 0.6 is 11.6 Å². The van der Waals surface area contributed by atoms with Crippen LogP contribution in [0.2, 0.25) is 5.02 Å². The van der Waals surface area contributed by atoms with Gasteiger partial charge in [-0.25, -0.2) is 0 Å². The van der Waals surface area contributed by atoms with Crippen molar-refractivity contribution >= 4 is 29.1 Å². The normalized spacial score (nSPS) is 18.4. The zero-order valence-electron chi connectivity index (χ0n) is 15.3. The van der Waals surface area contributed by atoms with Crippen LogP contribution in [0.3, 0.4) is 0 Å². The summed E-state index contributed by atoms with van der Waals surface area (Å²) in [6.07, 6.45) is 0. The molecule has 0 spiro atoms. The number of hydrogen-bond donors (Lipinski definition) is 0. The summed E-state index contributed by atoms with van der Waals surface area (Å²) in [5.41, 5.74) is 0.727. The molecule has 7 nitrogen and oxygen atoms in total. The van der Waals surface area contributed by atoms with Gasteiger partial charge in [-0.3, -0.25) is 9.59 Å². The summed E-state index contributed by atoms with van der Waals surface area (Å²) in [7, 11) is 0. The molecule has 2 aromatic rings. The number of amides is 2. The number of anilines is 1. The summed E-state index contributed by atoms with van der Waals surface area (Å²) < 4.78 is 16.2. The highest BCUT2D eigenvalue weighted by Crippen LogP contribution is 2.36. The Morgan fingerprint density at radius 3 is 2.68 bits per heavy atom. The fourth-order valence-electron chi connectivity index (χ4n) is 3.28. The summed E-state index contributed by atoms with van der Waals surface area (Å²) in [5, 5.41) is 0.595. The van der Waals surface area contributed by atoms with Crippen LogP contribution in [0.4, 0.5) is 5.69 Å². The molecule has 0 radical (unpaired) electrons. The molecule has 4 rings (SSSR count). The van der Waals surface area contributed by atoms with E-state index in [0.29, 0.717) is 35.4 Å². The van der Waals surface area contributed by atoms with Crippen molar-refractivity contribution in [2.75, 3.05) is 31.4 Å². The lowest BCUT2D eigenvalue weighted by atomic mass is 10.1. The van der Waals surface area contributed by atoms with Crippen LogP contribution in [0.1, 0.15) is 6.92 Å². The van der Waals surface area contributed by atoms with Crippen molar-refractivity contribution in [3.8, 4) is 17.2 Å². The maximum Gasteiger partial charge on any atom is 0.261 e. The van der Waals surface area contributed by atoms with Crippen molar-refractivity contribution in [1.82, 2.24) is 4.90 Å². The standard InChI is InChI=1S/C20H19ClN2O5/c1-13-20(25)23(15-4-7-17-18(10-15)28-12-27-17)9-8-22(13)19(24)11-26-16-5-2-14(21)3-6-16/h2-7,10,13H,8-9,11-12H2,1H3/t13-/m1/s1. The second-order valence-corrected chi connectivity index (χ2v) is 6.97. The van der Waals surface area contributed by atoms with Gasteiger partial charge in [0.2, 0.25) is 12.7 Å². The van der Waals surface area contributed by atoms with E-state index < -0.39 is 6.04 Å². The van der Waals surface area contributed by atoms with Gasteiger partial charge in [0, 0.05) is 29.9 Å². The minimum Gasteiger partial charge on any atom is -0.484 e. The second kappa shape index (κ2) is 7.59. The van der Waals surface area contributed by atoms with Gasteiger partial charge in [-0.05, 0) is 43.3 Å². The third-order valence-electron chi connectivity index (χ3n) is 4.82. The Bertz CT molecular complexity index is 902. The van der Waals surface area contributed by atoms with Crippen LogP contribution in [-0.4, -0.2) is 49.2 Å². The average Bonchev–Trinajstić information content (AvgIpc) is 3.17. The number of halogens is 1. The molecular formula is C20H19ClN2O5. The van der Waals surface area contributed by atoms with Crippen LogP contribution in [0.5, 0.6) is 17.2 Å². The number of hydrogen-bond acceptors (Lipinski definition) is 5. The van der Waals surface area contributed by atoms with Gasteiger partial charge in [-0.2, -0.15) is 0 Å². The lowest BCUT2D eigenvalue weighted by Crippen LogP contribution is -2.58. The molecule has 2 aromatic carbocycles. The minimum atomic E-state index is -0.583. The van der Waals surface area contributed by atoms with E-state index in [4.69, 9.17) is 25.8 Å². The monoisotopic (exact) mass is 402 g/mol. The summed E-state index contributed by atoms with van der Waals surface area (Å²) in [6.45, 7) is 2.59. The Balaban J connectivity index is 1.40. The number of carbonyl (C=O) groups is 2. The smallest absolute Gasteiger partial charge is 0.261 e. The molecule has 146 valence electrons. The van der Waals surface area contributed by atoms with Crippen LogP contribution in [0.15, 0.2) is 42.5 Å². The fourth-order valence-corrected chi connectivity index (χ4v) is 3.41. The number of benzene rings is 2. The van der Waals surface area contributed by atoms with Gasteiger partial charge in [-0.1, -0.05) is 11.6 Å². The summed E-state index contributed by atoms with van der Waals surface area (Å²) in [4.78, 5) is 28.6. The number of piperazine rings is 1. The average molecular weight is 403 g/mol. The lowest BCUT2D eigenvalue weighted by Gasteiger charge is -2.39. The number of ether oxygens (including phenoxy) is 3.